The van der Waals surface area contributed by atoms with Crippen LogP contribution in [0.25, 0.3) is 0 Å². The first-order valence-electron chi connectivity index (χ1n) is 2.32. The smallest absolute Gasteiger partial charge is 1.00 e. The molecule has 1 aromatic carbocycles. The van der Waals surface area contributed by atoms with Crippen molar-refractivity contribution in [3.05, 3.63) is 35.9 Å². The molecule has 44 valence electrons. The van der Waals surface area contributed by atoms with E-state index in [2.05, 4.69) is 13.0 Å². The summed E-state index contributed by atoms with van der Waals surface area (Å²) in [6.07, 6.45) is 0. The number of benzene rings is 1. The third-order valence-corrected chi connectivity index (χ3v) is 0.885. The molecule has 2 heteroatoms. The monoisotopic (exact) mass is 150 g/mol. The Bertz CT molecular complexity index is 139. The van der Waals surface area contributed by atoms with Crippen LogP contribution in [0.15, 0.2) is 24.3 Å². The van der Waals surface area contributed by atoms with Crippen LogP contribution < -0.4 is 12.4 Å². The zero-order chi connectivity index (χ0) is 5.11. The van der Waals surface area contributed by atoms with Crippen molar-refractivity contribution in [1.29, 1.82) is 0 Å². The van der Waals surface area contributed by atoms with Crippen molar-refractivity contribution in [1.82, 2.24) is 0 Å². The molecule has 0 spiro atoms. The second-order valence-electron chi connectivity index (χ2n) is 1.58. The van der Waals surface area contributed by atoms with Gasteiger partial charge in [-0.3, -0.25) is 0 Å². The van der Waals surface area contributed by atoms with Gasteiger partial charge in [0.15, 0.2) is 0 Å². The van der Waals surface area contributed by atoms with Gasteiger partial charge in [-0.1, -0.05) is 6.92 Å². The van der Waals surface area contributed by atoms with Gasteiger partial charge in [0.05, 0.1) is 0 Å². The Labute approximate surface area is 78.2 Å². The van der Waals surface area contributed by atoms with Gasteiger partial charge >= 0.3 is 23.1 Å². The van der Waals surface area contributed by atoms with Crippen molar-refractivity contribution in [2.75, 3.05) is 0 Å². The van der Waals surface area contributed by atoms with Crippen LogP contribution in [0.4, 0.5) is 0 Å². The molecule has 0 fully saturated rings. The van der Waals surface area contributed by atoms with Crippen LogP contribution in [0.1, 0.15) is 5.56 Å². The standard InChI is InChI=1S/C7H7.ClH.Mg/c1-7-5-3-2-4-6-7;;/h3-6H,1H3;1H;/q-1;;+2/p-1. The molecule has 0 bridgehead atoms. The Balaban J connectivity index is 0. The molecule has 0 heterocycles. The molecule has 0 amide bonds. The fourth-order valence-electron chi connectivity index (χ4n) is 0.470. The molecule has 0 radical (unpaired) electrons. The van der Waals surface area contributed by atoms with Crippen LogP contribution >= 0.6 is 0 Å². The third kappa shape index (κ3) is 4.76. The summed E-state index contributed by atoms with van der Waals surface area (Å²) in [5.41, 5.74) is 1.29. The molecule has 0 aromatic heterocycles. The van der Waals surface area contributed by atoms with Crippen molar-refractivity contribution in [3.63, 3.8) is 0 Å². The first kappa shape index (κ1) is 12.0. The maximum atomic E-state index is 2.93. The van der Waals surface area contributed by atoms with Crippen LogP contribution in [0.3, 0.4) is 0 Å². The first-order chi connectivity index (χ1) is 3.39. The normalized spacial score (nSPS) is 6.78. The molecule has 0 N–H and O–H groups in total. The molecule has 0 saturated heterocycles. The van der Waals surface area contributed by atoms with Crippen LogP contribution in [-0.2, 0) is 0 Å². The maximum absolute atomic E-state index is 2.93. The average Bonchev–Trinajstić information content (AvgIpc) is 1.69. The fraction of sp³-hybridized carbons (Fsp3) is 0.143. The number of rotatable bonds is 0. The van der Waals surface area contributed by atoms with E-state index in [1.165, 1.54) is 5.56 Å². The van der Waals surface area contributed by atoms with E-state index < -0.39 is 0 Å². The summed E-state index contributed by atoms with van der Waals surface area (Å²) in [5, 5.41) is 0. The molecule has 9 heavy (non-hydrogen) atoms. The Kier molecular flexibility index (Phi) is 8.53. The molecular formula is C7H7ClMg. The van der Waals surface area contributed by atoms with Crippen molar-refractivity contribution in [2.45, 2.75) is 6.92 Å². The summed E-state index contributed by atoms with van der Waals surface area (Å²) in [5.74, 6) is 0. The molecule has 0 aliphatic rings. The summed E-state index contributed by atoms with van der Waals surface area (Å²) in [6.45, 7) is 2.06. The van der Waals surface area contributed by atoms with Gasteiger partial charge in [0, 0.05) is 0 Å². The van der Waals surface area contributed by atoms with Gasteiger partial charge in [-0.05, 0) is 0 Å². The number of hydrogen-bond donors (Lipinski definition) is 0. The van der Waals surface area contributed by atoms with E-state index in [9.17, 15) is 0 Å². The van der Waals surface area contributed by atoms with Gasteiger partial charge in [-0.25, -0.2) is 0 Å². The minimum atomic E-state index is 0. The van der Waals surface area contributed by atoms with E-state index in [-0.39, 0.29) is 35.5 Å². The van der Waals surface area contributed by atoms with Crippen molar-refractivity contribution in [2.24, 2.45) is 0 Å². The zero-order valence-corrected chi connectivity index (χ0v) is 7.56. The predicted molar refractivity (Wildman–Crippen MR) is 35.8 cm³/mol. The van der Waals surface area contributed by atoms with Crippen molar-refractivity contribution in [3.8, 4) is 0 Å². The van der Waals surface area contributed by atoms with Gasteiger partial charge in [-0.2, -0.15) is 35.9 Å². The first-order valence-corrected chi connectivity index (χ1v) is 2.32. The molecule has 0 saturated carbocycles. The van der Waals surface area contributed by atoms with E-state index in [4.69, 9.17) is 0 Å². The maximum Gasteiger partial charge on any atom is 2.00 e. The number of hydrogen-bond acceptors (Lipinski definition) is 0. The molecule has 1 rings (SSSR count). The zero-order valence-electron chi connectivity index (χ0n) is 5.39. The van der Waals surface area contributed by atoms with Crippen molar-refractivity contribution < 1.29 is 12.4 Å². The van der Waals surface area contributed by atoms with E-state index in [1.54, 1.807) is 0 Å². The van der Waals surface area contributed by atoms with Crippen LogP contribution in [0.2, 0.25) is 0 Å². The Morgan fingerprint density at radius 2 is 1.67 bits per heavy atom. The molecule has 0 aliphatic carbocycles. The third-order valence-electron chi connectivity index (χ3n) is 0.885. The van der Waals surface area contributed by atoms with Gasteiger partial charge < -0.3 is 12.4 Å². The Hall–Kier alpha value is 0.276. The molecule has 0 atom stereocenters. The number of halogens is 1. The fourth-order valence-corrected chi connectivity index (χ4v) is 0.470. The van der Waals surface area contributed by atoms with Gasteiger partial charge in [-0.15, -0.1) is 0 Å². The predicted octanol–water partition coefficient (Wildman–Crippen LogP) is -1.58. The summed E-state index contributed by atoms with van der Waals surface area (Å²) < 4.78 is 0. The average molecular weight is 151 g/mol. The second kappa shape index (κ2) is 6.40. The van der Waals surface area contributed by atoms with E-state index in [1.807, 2.05) is 24.3 Å². The number of aryl methyl sites for hydroxylation is 1. The quantitative estimate of drug-likeness (QED) is 0.310. The largest absolute Gasteiger partial charge is 2.00 e. The second-order valence-corrected chi connectivity index (χ2v) is 1.58. The molecule has 0 unspecified atom stereocenters. The van der Waals surface area contributed by atoms with E-state index in [0.29, 0.717) is 0 Å². The SMILES string of the molecule is Cc1cc[c-]cc1.[Cl-].[Mg+2]. The minimum Gasteiger partial charge on any atom is -1.00 e. The minimum absolute atomic E-state index is 0. The van der Waals surface area contributed by atoms with E-state index in [0.717, 1.165) is 0 Å². The summed E-state index contributed by atoms with van der Waals surface area (Å²) in [6, 6.07) is 10.8. The van der Waals surface area contributed by atoms with E-state index >= 15 is 0 Å². The molecule has 0 nitrogen and oxygen atoms in total. The van der Waals surface area contributed by atoms with Gasteiger partial charge in [0.25, 0.3) is 0 Å². The summed E-state index contributed by atoms with van der Waals surface area (Å²) in [7, 11) is 0. The Morgan fingerprint density at radius 3 is 1.89 bits per heavy atom. The molecular weight excluding hydrogens is 144 g/mol. The summed E-state index contributed by atoms with van der Waals surface area (Å²) in [4.78, 5) is 0. The molecule has 0 aliphatic heterocycles. The van der Waals surface area contributed by atoms with Crippen LogP contribution in [-0.4, -0.2) is 23.1 Å². The van der Waals surface area contributed by atoms with Gasteiger partial charge in [0.1, 0.15) is 0 Å². The van der Waals surface area contributed by atoms with Crippen molar-refractivity contribution >= 4 is 23.1 Å². The van der Waals surface area contributed by atoms with Crippen LogP contribution in [0, 0.1) is 13.0 Å². The van der Waals surface area contributed by atoms with Crippen LogP contribution in [0.5, 0.6) is 0 Å². The summed E-state index contributed by atoms with van der Waals surface area (Å²) >= 11 is 0. The topological polar surface area (TPSA) is 0 Å². The van der Waals surface area contributed by atoms with Gasteiger partial charge in [0.2, 0.25) is 0 Å². The Morgan fingerprint density at radius 1 is 1.22 bits per heavy atom. The molecule has 1 aromatic rings.